The van der Waals surface area contributed by atoms with Crippen LogP contribution in [0.2, 0.25) is 0 Å². The first kappa shape index (κ1) is 12.4. The molecule has 1 aromatic rings. The van der Waals surface area contributed by atoms with Crippen molar-refractivity contribution < 1.29 is 14.4 Å². The van der Waals surface area contributed by atoms with Crippen LogP contribution in [0.25, 0.3) is 0 Å². The summed E-state index contributed by atoms with van der Waals surface area (Å²) in [5.41, 5.74) is 0.583. The Morgan fingerprint density at radius 2 is 2.15 bits per heavy atom. The van der Waals surface area contributed by atoms with E-state index in [0.29, 0.717) is 6.61 Å². The normalized spacial score (nSPS) is 38.4. The van der Waals surface area contributed by atoms with Gasteiger partial charge in [-0.1, -0.05) is 30.3 Å². The molecule has 3 heterocycles. The summed E-state index contributed by atoms with van der Waals surface area (Å²) in [5, 5.41) is 1.98. The van der Waals surface area contributed by atoms with E-state index in [-0.39, 0.29) is 17.6 Å². The average molecular weight is 273 g/mol. The van der Waals surface area contributed by atoms with Crippen LogP contribution in [-0.2, 0) is 19.9 Å². The number of fused-ring (bicyclic) bond motifs is 1. The molecule has 0 aromatic heterocycles. The summed E-state index contributed by atoms with van der Waals surface area (Å²) in [4.78, 5) is 18.5. The minimum atomic E-state index is -0.547. The van der Waals surface area contributed by atoms with Gasteiger partial charge in [-0.25, -0.2) is 4.79 Å². The molecule has 1 aromatic carbocycles. The number of carbonyl (C=O) groups excluding carboxylic acids is 1. The summed E-state index contributed by atoms with van der Waals surface area (Å²) in [6.07, 6.45) is 3.71. The molecule has 0 aliphatic carbocycles. The lowest BCUT2D eigenvalue weighted by Crippen LogP contribution is -2.53. The SMILES string of the molecule is CCOC(=O)[C@]12CC[C@]3(c4ccccc4)CC(C1)ON23. The van der Waals surface area contributed by atoms with Gasteiger partial charge in [0.25, 0.3) is 0 Å². The molecule has 4 heteroatoms. The van der Waals surface area contributed by atoms with Crippen molar-refractivity contribution in [2.75, 3.05) is 6.61 Å². The monoisotopic (exact) mass is 273 g/mol. The minimum Gasteiger partial charge on any atom is -0.465 e. The van der Waals surface area contributed by atoms with Gasteiger partial charge in [-0.3, -0.25) is 4.84 Å². The second kappa shape index (κ2) is 4.06. The molecule has 0 radical (unpaired) electrons. The van der Waals surface area contributed by atoms with Crippen LogP contribution < -0.4 is 0 Å². The van der Waals surface area contributed by atoms with E-state index < -0.39 is 5.54 Å². The standard InChI is InChI=1S/C16H19NO3/c1-2-19-14(18)16-9-8-15(12-6-4-3-5-7-12)10-13(11-16)20-17(15)16/h3-7,13H,2,8-11H2,1H3/t13?,15-,16+/m1/s1. The van der Waals surface area contributed by atoms with Gasteiger partial charge in [-0.2, -0.15) is 5.06 Å². The van der Waals surface area contributed by atoms with E-state index in [1.807, 2.05) is 18.1 Å². The van der Waals surface area contributed by atoms with E-state index in [2.05, 4.69) is 24.3 Å². The van der Waals surface area contributed by atoms with Crippen molar-refractivity contribution in [3.8, 4) is 0 Å². The summed E-state index contributed by atoms with van der Waals surface area (Å²) in [6.45, 7) is 2.29. The van der Waals surface area contributed by atoms with Crippen molar-refractivity contribution in [1.29, 1.82) is 0 Å². The van der Waals surface area contributed by atoms with Crippen LogP contribution in [0.4, 0.5) is 0 Å². The molecule has 3 aliphatic rings. The topological polar surface area (TPSA) is 38.8 Å². The van der Waals surface area contributed by atoms with Crippen molar-refractivity contribution in [2.45, 2.75) is 49.8 Å². The molecule has 0 saturated carbocycles. The molecule has 0 amide bonds. The molecule has 3 fully saturated rings. The Morgan fingerprint density at radius 3 is 2.85 bits per heavy atom. The van der Waals surface area contributed by atoms with Gasteiger partial charge in [0.2, 0.25) is 0 Å². The van der Waals surface area contributed by atoms with Crippen LogP contribution in [0.5, 0.6) is 0 Å². The fourth-order valence-electron chi connectivity index (χ4n) is 4.31. The van der Waals surface area contributed by atoms with Crippen molar-refractivity contribution in [2.24, 2.45) is 0 Å². The highest BCUT2D eigenvalue weighted by Gasteiger charge is 2.71. The zero-order valence-electron chi connectivity index (χ0n) is 11.7. The predicted octanol–water partition coefficient (Wildman–Crippen LogP) is 2.39. The summed E-state index contributed by atoms with van der Waals surface area (Å²) in [5.74, 6) is -0.111. The Hall–Kier alpha value is -1.39. The van der Waals surface area contributed by atoms with Crippen LogP contribution in [0.1, 0.15) is 38.2 Å². The Balaban J connectivity index is 1.75. The third-order valence-electron chi connectivity index (χ3n) is 5.08. The van der Waals surface area contributed by atoms with E-state index in [1.54, 1.807) is 0 Å². The molecule has 0 N–H and O–H groups in total. The molecule has 3 aliphatic heterocycles. The summed E-state index contributed by atoms with van der Waals surface area (Å²) < 4.78 is 5.32. The van der Waals surface area contributed by atoms with Gasteiger partial charge in [-0.15, -0.1) is 0 Å². The quantitative estimate of drug-likeness (QED) is 0.793. The highest BCUT2D eigenvalue weighted by Crippen LogP contribution is 2.62. The lowest BCUT2D eigenvalue weighted by Gasteiger charge is -2.38. The third kappa shape index (κ3) is 1.36. The zero-order chi connectivity index (χ0) is 13.8. The van der Waals surface area contributed by atoms with Crippen LogP contribution >= 0.6 is 0 Å². The number of rotatable bonds is 3. The van der Waals surface area contributed by atoms with Gasteiger partial charge in [0, 0.05) is 12.8 Å². The maximum atomic E-state index is 12.4. The predicted molar refractivity (Wildman–Crippen MR) is 72.7 cm³/mol. The third-order valence-corrected chi connectivity index (χ3v) is 5.08. The van der Waals surface area contributed by atoms with Gasteiger partial charge < -0.3 is 4.74 Å². The Kier molecular flexibility index (Phi) is 2.51. The highest BCUT2D eigenvalue weighted by molar-refractivity contribution is 5.82. The van der Waals surface area contributed by atoms with Gasteiger partial charge in [-0.05, 0) is 25.3 Å². The Morgan fingerprint density at radius 1 is 1.35 bits per heavy atom. The van der Waals surface area contributed by atoms with E-state index >= 15 is 0 Å². The molecule has 1 unspecified atom stereocenters. The second-order valence-corrected chi connectivity index (χ2v) is 6.08. The summed E-state index contributed by atoms with van der Waals surface area (Å²) >= 11 is 0. The van der Waals surface area contributed by atoms with E-state index in [0.717, 1.165) is 25.7 Å². The largest absolute Gasteiger partial charge is 0.465 e. The zero-order valence-corrected chi connectivity index (χ0v) is 11.7. The van der Waals surface area contributed by atoms with Crippen molar-refractivity contribution in [3.63, 3.8) is 0 Å². The minimum absolute atomic E-state index is 0.111. The lowest BCUT2D eigenvalue weighted by atomic mass is 9.81. The Bertz CT molecular complexity index is 546. The smallest absolute Gasteiger partial charge is 0.329 e. The number of hydrogen-bond donors (Lipinski definition) is 0. The van der Waals surface area contributed by atoms with E-state index in [4.69, 9.17) is 9.57 Å². The van der Waals surface area contributed by atoms with Gasteiger partial charge in [0.15, 0.2) is 0 Å². The van der Waals surface area contributed by atoms with E-state index in [9.17, 15) is 4.79 Å². The lowest BCUT2D eigenvalue weighted by molar-refractivity contribution is -0.196. The van der Waals surface area contributed by atoms with Crippen LogP contribution in [0.15, 0.2) is 30.3 Å². The molecule has 20 heavy (non-hydrogen) atoms. The van der Waals surface area contributed by atoms with Crippen molar-refractivity contribution in [3.05, 3.63) is 35.9 Å². The van der Waals surface area contributed by atoms with E-state index in [1.165, 1.54) is 5.56 Å². The number of benzene rings is 1. The second-order valence-electron chi connectivity index (χ2n) is 6.08. The fourth-order valence-corrected chi connectivity index (χ4v) is 4.31. The number of ether oxygens (including phenoxy) is 1. The molecule has 2 bridgehead atoms. The first-order chi connectivity index (χ1) is 9.71. The average Bonchev–Trinajstić information content (AvgIpc) is 3.06. The molecule has 3 saturated heterocycles. The molecule has 0 spiro atoms. The number of hydroxylamine groups is 2. The maximum Gasteiger partial charge on any atom is 0.329 e. The summed E-state index contributed by atoms with van der Waals surface area (Å²) in [6, 6.07) is 10.4. The number of esters is 1. The molecular weight excluding hydrogens is 254 g/mol. The first-order valence-electron chi connectivity index (χ1n) is 7.41. The molecule has 4 rings (SSSR count). The van der Waals surface area contributed by atoms with Crippen LogP contribution in [-0.4, -0.2) is 29.3 Å². The summed E-state index contributed by atoms with van der Waals surface area (Å²) in [7, 11) is 0. The van der Waals surface area contributed by atoms with Crippen LogP contribution in [0, 0.1) is 0 Å². The molecule has 3 atom stereocenters. The highest BCUT2D eigenvalue weighted by atomic mass is 16.7. The van der Waals surface area contributed by atoms with Crippen molar-refractivity contribution >= 4 is 5.97 Å². The number of carbonyl (C=O) groups is 1. The van der Waals surface area contributed by atoms with Crippen LogP contribution in [0.3, 0.4) is 0 Å². The maximum absolute atomic E-state index is 12.4. The number of nitrogens with zero attached hydrogens (tertiary/aromatic N) is 1. The molecular formula is C16H19NO3. The Labute approximate surface area is 118 Å². The number of hydrogen-bond acceptors (Lipinski definition) is 4. The van der Waals surface area contributed by atoms with Gasteiger partial charge in [0.05, 0.1) is 18.2 Å². The van der Waals surface area contributed by atoms with Gasteiger partial charge >= 0.3 is 5.97 Å². The fraction of sp³-hybridized carbons (Fsp3) is 0.562. The van der Waals surface area contributed by atoms with Gasteiger partial charge in [0.1, 0.15) is 5.54 Å². The first-order valence-corrected chi connectivity index (χ1v) is 7.41. The molecule has 106 valence electrons. The van der Waals surface area contributed by atoms with Crippen molar-refractivity contribution in [1.82, 2.24) is 5.06 Å². The molecule has 4 nitrogen and oxygen atoms in total. The number of piperidine rings is 1.